The Morgan fingerprint density at radius 3 is 2.43 bits per heavy atom. The highest BCUT2D eigenvalue weighted by atomic mass is 32.1. The quantitative estimate of drug-likeness (QED) is 0.470. The third-order valence-corrected chi connectivity index (χ3v) is 6.70. The molecule has 182 valence electrons. The lowest BCUT2D eigenvalue weighted by atomic mass is 10.1. The molecule has 0 saturated carbocycles. The van der Waals surface area contributed by atoms with Gasteiger partial charge in [0, 0.05) is 37.4 Å². The summed E-state index contributed by atoms with van der Waals surface area (Å²) in [5, 5.41) is 4.78. The van der Waals surface area contributed by atoms with E-state index >= 15 is 0 Å². The number of thiophene rings is 1. The molecule has 0 spiro atoms. The Morgan fingerprint density at radius 1 is 0.914 bits per heavy atom. The van der Waals surface area contributed by atoms with Crippen LogP contribution in [0.2, 0.25) is 0 Å². The molecule has 1 aliphatic rings. The van der Waals surface area contributed by atoms with Crippen molar-refractivity contribution in [2.75, 3.05) is 19.6 Å². The molecule has 0 aliphatic carbocycles. The lowest BCUT2D eigenvalue weighted by Crippen LogP contribution is -2.51. The third kappa shape index (κ3) is 7.42. The van der Waals surface area contributed by atoms with Crippen molar-refractivity contribution >= 4 is 29.1 Å². The van der Waals surface area contributed by atoms with Gasteiger partial charge < -0.3 is 19.9 Å². The summed E-state index contributed by atoms with van der Waals surface area (Å²) in [5.74, 6) is 0.368. The fourth-order valence-electron chi connectivity index (χ4n) is 3.81. The fraction of sp³-hybridized carbons (Fsp3) is 0.296. The maximum Gasteiger partial charge on any atom is 0.242 e. The molecule has 4 rings (SSSR count). The Balaban J connectivity index is 1.17. The predicted molar refractivity (Wildman–Crippen MR) is 135 cm³/mol. The van der Waals surface area contributed by atoms with Crippen molar-refractivity contribution in [2.24, 2.45) is 0 Å². The van der Waals surface area contributed by atoms with Crippen LogP contribution in [-0.4, -0.2) is 47.2 Å². The molecule has 2 heterocycles. The number of hydrogen-bond donors (Lipinski definition) is 1. The van der Waals surface area contributed by atoms with E-state index in [1.54, 1.807) is 21.1 Å². The number of piperazine rings is 1. The van der Waals surface area contributed by atoms with E-state index in [1.807, 2.05) is 72.1 Å². The van der Waals surface area contributed by atoms with Gasteiger partial charge in [0.05, 0.1) is 13.1 Å². The van der Waals surface area contributed by atoms with Gasteiger partial charge in [-0.15, -0.1) is 11.3 Å². The number of ether oxygens (including phenoxy) is 1. The minimum atomic E-state index is -0.163. The van der Waals surface area contributed by atoms with E-state index in [4.69, 9.17) is 4.74 Å². The van der Waals surface area contributed by atoms with E-state index in [0.717, 1.165) is 21.8 Å². The van der Waals surface area contributed by atoms with Crippen LogP contribution in [0.5, 0.6) is 5.75 Å². The molecule has 7 nitrogen and oxygen atoms in total. The highest BCUT2D eigenvalue weighted by Gasteiger charge is 2.27. The number of carbonyl (C=O) groups excluding carboxylic acids is 3. The van der Waals surface area contributed by atoms with Crippen molar-refractivity contribution in [3.8, 4) is 5.75 Å². The van der Waals surface area contributed by atoms with Gasteiger partial charge in [0.15, 0.2) is 0 Å². The molecule has 35 heavy (non-hydrogen) atoms. The Morgan fingerprint density at radius 2 is 1.71 bits per heavy atom. The van der Waals surface area contributed by atoms with Gasteiger partial charge in [-0.1, -0.05) is 48.5 Å². The summed E-state index contributed by atoms with van der Waals surface area (Å²) in [6.07, 6.45) is 0.227. The topological polar surface area (TPSA) is 79.0 Å². The largest absolute Gasteiger partial charge is 0.489 e. The molecule has 0 unspecified atom stereocenters. The summed E-state index contributed by atoms with van der Waals surface area (Å²) in [4.78, 5) is 41.6. The van der Waals surface area contributed by atoms with Crippen molar-refractivity contribution in [3.63, 3.8) is 0 Å². The molecule has 0 radical (unpaired) electrons. The Bertz CT molecular complexity index is 1120. The van der Waals surface area contributed by atoms with Gasteiger partial charge in [0.1, 0.15) is 12.4 Å². The summed E-state index contributed by atoms with van der Waals surface area (Å²) in [7, 11) is 0. The second-order valence-corrected chi connectivity index (χ2v) is 9.44. The molecule has 3 amide bonds. The van der Waals surface area contributed by atoms with Gasteiger partial charge in [-0.2, -0.15) is 0 Å². The first-order valence-electron chi connectivity index (χ1n) is 11.7. The van der Waals surface area contributed by atoms with E-state index in [-0.39, 0.29) is 37.1 Å². The zero-order valence-electron chi connectivity index (χ0n) is 19.5. The van der Waals surface area contributed by atoms with Crippen LogP contribution in [0.4, 0.5) is 0 Å². The van der Waals surface area contributed by atoms with E-state index in [2.05, 4.69) is 5.32 Å². The standard InChI is InChI=1S/C27H29N3O4S/c31-25(28-17-24-7-4-16-35-24)12-13-26(32)30-15-14-29(27(33)19-30)18-21-8-10-23(11-9-21)34-20-22-5-2-1-3-6-22/h1-11,16H,12-15,17-20H2,(H,28,31). The molecule has 0 bridgehead atoms. The van der Waals surface area contributed by atoms with Crippen molar-refractivity contribution in [1.29, 1.82) is 0 Å². The molecule has 8 heteroatoms. The minimum absolute atomic E-state index is 0.0495. The number of hydrogen-bond acceptors (Lipinski definition) is 5. The first-order chi connectivity index (χ1) is 17.1. The first kappa shape index (κ1) is 24.5. The maximum absolute atomic E-state index is 12.6. The average molecular weight is 492 g/mol. The molecule has 1 fully saturated rings. The predicted octanol–water partition coefficient (Wildman–Crippen LogP) is 3.59. The normalized spacial score (nSPS) is 13.5. The van der Waals surface area contributed by atoms with Crippen molar-refractivity contribution in [2.45, 2.75) is 32.5 Å². The van der Waals surface area contributed by atoms with E-state index in [0.29, 0.717) is 32.8 Å². The Kier molecular flexibility index (Phi) is 8.51. The second-order valence-electron chi connectivity index (χ2n) is 8.40. The molecule has 2 aromatic carbocycles. The molecular weight excluding hydrogens is 462 g/mol. The molecule has 1 saturated heterocycles. The lowest BCUT2D eigenvalue weighted by Gasteiger charge is -2.34. The molecule has 0 atom stereocenters. The number of carbonyl (C=O) groups is 3. The molecule has 1 aromatic heterocycles. The van der Waals surface area contributed by atoms with Crippen molar-refractivity contribution in [1.82, 2.24) is 15.1 Å². The van der Waals surface area contributed by atoms with Crippen molar-refractivity contribution < 1.29 is 19.1 Å². The number of amides is 3. The van der Waals surface area contributed by atoms with E-state index in [9.17, 15) is 14.4 Å². The van der Waals surface area contributed by atoms with E-state index in [1.165, 1.54) is 0 Å². The zero-order chi connectivity index (χ0) is 24.5. The van der Waals surface area contributed by atoms with Gasteiger partial charge in [-0.25, -0.2) is 0 Å². The van der Waals surface area contributed by atoms with Gasteiger partial charge >= 0.3 is 0 Å². The summed E-state index contributed by atoms with van der Waals surface area (Å²) >= 11 is 1.58. The summed E-state index contributed by atoms with van der Waals surface area (Å²) in [5.41, 5.74) is 2.11. The van der Waals surface area contributed by atoms with Crippen LogP contribution in [0.3, 0.4) is 0 Å². The van der Waals surface area contributed by atoms with Crippen molar-refractivity contribution in [3.05, 3.63) is 88.1 Å². The van der Waals surface area contributed by atoms with Crippen LogP contribution in [0, 0.1) is 0 Å². The summed E-state index contributed by atoms with van der Waals surface area (Å²) in [6, 6.07) is 21.6. The van der Waals surface area contributed by atoms with Crippen LogP contribution in [0.15, 0.2) is 72.1 Å². The third-order valence-electron chi connectivity index (χ3n) is 5.82. The molecule has 1 N–H and O–H groups in total. The van der Waals surface area contributed by atoms with Crippen LogP contribution < -0.4 is 10.1 Å². The highest BCUT2D eigenvalue weighted by molar-refractivity contribution is 7.09. The van der Waals surface area contributed by atoms with Gasteiger partial charge in [0.25, 0.3) is 0 Å². The Labute approximate surface area is 209 Å². The SMILES string of the molecule is O=C(CCC(=O)N1CCN(Cc2ccc(OCc3ccccc3)cc2)C(=O)C1)NCc1cccs1. The van der Waals surface area contributed by atoms with Crippen LogP contribution >= 0.6 is 11.3 Å². The number of nitrogens with zero attached hydrogens (tertiary/aromatic N) is 2. The van der Waals surface area contributed by atoms with E-state index < -0.39 is 0 Å². The fourth-order valence-corrected chi connectivity index (χ4v) is 4.45. The van der Waals surface area contributed by atoms with Gasteiger partial charge in [-0.3, -0.25) is 14.4 Å². The maximum atomic E-state index is 12.6. The number of benzene rings is 2. The second kappa shape index (κ2) is 12.2. The monoisotopic (exact) mass is 491 g/mol. The Hall–Kier alpha value is -3.65. The number of rotatable bonds is 10. The number of nitrogens with one attached hydrogen (secondary N) is 1. The lowest BCUT2D eigenvalue weighted by molar-refractivity contribution is -0.146. The van der Waals surface area contributed by atoms with Crippen LogP contribution in [-0.2, 0) is 34.1 Å². The highest BCUT2D eigenvalue weighted by Crippen LogP contribution is 2.17. The average Bonchev–Trinajstić information content (AvgIpc) is 3.41. The molecule has 1 aliphatic heterocycles. The van der Waals surface area contributed by atoms with Crippen LogP contribution in [0.1, 0.15) is 28.8 Å². The molecular formula is C27H29N3O4S. The zero-order valence-corrected chi connectivity index (χ0v) is 20.3. The molecule has 3 aromatic rings. The summed E-state index contributed by atoms with van der Waals surface area (Å²) < 4.78 is 5.82. The first-order valence-corrected chi connectivity index (χ1v) is 12.5. The smallest absolute Gasteiger partial charge is 0.242 e. The summed E-state index contributed by atoms with van der Waals surface area (Å²) in [6.45, 7) is 2.47. The van der Waals surface area contributed by atoms with Gasteiger partial charge in [-0.05, 0) is 34.7 Å². The van der Waals surface area contributed by atoms with Crippen LogP contribution in [0.25, 0.3) is 0 Å². The minimum Gasteiger partial charge on any atom is -0.489 e. The van der Waals surface area contributed by atoms with Gasteiger partial charge in [0.2, 0.25) is 17.7 Å².